The first-order valence-corrected chi connectivity index (χ1v) is 6.97. The first-order chi connectivity index (χ1) is 10.1. The molecule has 1 aromatic heterocycles. The van der Waals surface area contributed by atoms with Crippen LogP contribution in [-0.4, -0.2) is 29.9 Å². The molecule has 1 unspecified atom stereocenters. The quantitative estimate of drug-likeness (QED) is 0.916. The molecule has 0 spiro atoms. The summed E-state index contributed by atoms with van der Waals surface area (Å²) in [7, 11) is 3.79. The number of amides is 1. The minimum Gasteiger partial charge on any atom is -0.350 e. The van der Waals surface area contributed by atoms with Gasteiger partial charge in [-0.15, -0.1) is 0 Å². The van der Waals surface area contributed by atoms with Gasteiger partial charge in [0.25, 0.3) is 0 Å². The van der Waals surface area contributed by atoms with Crippen LogP contribution in [0.2, 0.25) is 0 Å². The highest BCUT2D eigenvalue weighted by Gasteiger charge is 2.22. The molecule has 0 radical (unpaired) electrons. The maximum absolute atomic E-state index is 12.5. The summed E-state index contributed by atoms with van der Waals surface area (Å²) in [5, 5.41) is 3.00. The first-order valence-electron chi connectivity index (χ1n) is 6.97. The summed E-state index contributed by atoms with van der Waals surface area (Å²) in [6, 6.07) is 11.6. The molecule has 4 heteroatoms. The lowest BCUT2D eigenvalue weighted by Gasteiger charge is -2.23. The van der Waals surface area contributed by atoms with E-state index in [1.807, 2.05) is 56.3 Å². The molecule has 4 nitrogen and oxygen atoms in total. The molecule has 0 saturated heterocycles. The van der Waals surface area contributed by atoms with Gasteiger partial charge >= 0.3 is 0 Å². The van der Waals surface area contributed by atoms with Crippen molar-refractivity contribution in [1.82, 2.24) is 15.2 Å². The molecule has 21 heavy (non-hydrogen) atoms. The van der Waals surface area contributed by atoms with E-state index in [9.17, 15) is 4.79 Å². The molecule has 0 bridgehead atoms. The Morgan fingerprint density at radius 3 is 2.71 bits per heavy atom. The van der Waals surface area contributed by atoms with Gasteiger partial charge < -0.3 is 5.32 Å². The van der Waals surface area contributed by atoms with Crippen molar-refractivity contribution in [2.75, 3.05) is 14.1 Å². The number of aryl methyl sites for hydroxylation is 1. The molecular formula is C17H21N3O. The number of rotatable bonds is 5. The maximum Gasteiger partial charge on any atom is 0.242 e. The number of aromatic nitrogens is 1. The fraction of sp³-hybridized carbons (Fsp3) is 0.294. The number of benzene rings is 1. The monoisotopic (exact) mass is 283 g/mol. The molecule has 1 aromatic carbocycles. The normalized spacial score (nSPS) is 12.2. The number of nitrogens with one attached hydrogen (secondary N) is 1. The Morgan fingerprint density at radius 2 is 2.10 bits per heavy atom. The number of hydrogen-bond acceptors (Lipinski definition) is 3. The van der Waals surface area contributed by atoms with E-state index in [-0.39, 0.29) is 11.9 Å². The van der Waals surface area contributed by atoms with Crippen molar-refractivity contribution >= 4 is 5.91 Å². The second-order valence-electron chi connectivity index (χ2n) is 5.36. The van der Waals surface area contributed by atoms with Crippen molar-refractivity contribution in [1.29, 1.82) is 0 Å². The van der Waals surface area contributed by atoms with Gasteiger partial charge in [-0.3, -0.25) is 14.7 Å². The zero-order valence-corrected chi connectivity index (χ0v) is 12.7. The predicted molar refractivity (Wildman–Crippen MR) is 83.7 cm³/mol. The Labute approximate surface area is 125 Å². The highest BCUT2D eigenvalue weighted by Crippen LogP contribution is 2.17. The van der Waals surface area contributed by atoms with Gasteiger partial charge in [0.2, 0.25) is 5.91 Å². The van der Waals surface area contributed by atoms with Gasteiger partial charge in [-0.25, -0.2) is 0 Å². The second kappa shape index (κ2) is 6.99. The van der Waals surface area contributed by atoms with Gasteiger partial charge in [0.15, 0.2) is 0 Å². The van der Waals surface area contributed by atoms with Crippen molar-refractivity contribution in [2.45, 2.75) is 19.5 Å². The third-order valence-electron chi connectivity index (χ3n) is 3.31. The number of pyridine rings is 1. The van der Waals surface area contributed by atoms with Gasteiger partial charge in [0, 0.05) is 18.9 Å². The topological polar surface area (TPSA) is 45.2 Å². The summed E-state index contributed by atoms with van der Waals surface area (Å²) >= 11 is 0. The van der Waals surface area contributed by atoms with Crippen LogP contribution in [0.3, 0.4) is 0 Å². The van der Waals surface area contributed by atoms with Crippen molar-refractivity contribution in [3.63, 3.8) is 0 Å². The van der Waals surface area contributed by atoms with Crippen LogP contribution in [0.1, 0.15) is 22.7 Å². The van der Waals surface area contributed by atoms with E-state index < -0.39 is 0 Å². The Bertz CT molecular complexity index is 596. The standard InChI is InChI=1S/C17H21N3O/c1-13-6-4-7-14(10-13)11-19-17(21)16(20(2)3)15-8-5-9-18-12-15/h4-10,12,16H,11H2,1-3H3,(H,19,21). The molecule has 110 valence electrons. The number of nitrogens with zero attached hydrogens (tertiary/aromatic N) is 2. The zero-order chi connectivity index (χ0) is 15.2. The molecule has 0 saturated carbocycles. The van der Waals surface area contributed by atoms with Crippen LogP contribution in [0.5, 0.6) is 0 Å². The number of likely N-dealkylation sites (N-methyl/N-ethyl adjacent to an activating group) is 1. The molecule has 0 aliphatic carbocycles. The molecular weight excluding hydrogens is 262 g/mol. The molecule has 1 atom stereocenters. The fourth-order valence-corrected chi connectivity index (χ4v) is 2.33. The van der Waals surface area contributed by atoms with Gasteiger partial charge in [0.05, 0.1) is 0 Å². The fourth-order valence-electron chi connectivity index (χ4n) is 2.33. The summed E-state index contributed by atoms with van der Waals surface area (Å²) in [6.45, 7) is 2.58. The van der Waals surface area contributed by atoms with Crippen LogP contribution >= 0.6 is 0 Å². The molecule has 0 fully saturated rings. The molecule has 2 aromatic rings. The first kappa shape index (κ1) is 15.2. The smallest absolute Gasteiger partial charge is 0.242 e. The van der Waals surface area contributed by atoms with Crippen molar-refractivity contribution in [3.05, 3.63) is 65.5 Å². The van der Waals surface area contributed by atoms with E-state index in [1.54, 1.807) is 12.4 Å². The summed E-state index contributed by atoms with van der Waals surface area (Å²) in [4.78, 5) is 18.4. The second-order valence-corrected chi connectivity index (χ2v) is 5.36. The van der Waals surface area contributed by atoms with Crippen LogP contribution in [0.15, 0.2) is 48.8 Å². The summed E-state index contributed by atoms with van der Waals surface area (Å²) in [5.74, 6) is -0.0190. The minimum absolute atomic E-state index is 0.0190. The largest absolute Gasteiger partial charge is 0.350 e. The van der Waals surface area contributed by atoms with E-state index in [1.165, 1.54) is 5.56 Å². The van der Waals surface area contributed by atoms with Crippen LogP contribution in [0.4, 0.5) is 0 Å². The minimum atomic E-state index is -0.330. The average Bonchev–Trinajstić information content (AvgIpc) is 2.46. The van der Waals surface area contributed by atoms with Gasteiger partial charge in [-0.05, 0) is 38.2 Å². The van der Waals surface area contributed by atoms with Crippen molar-refractivity contribution < 1.29 is 4.79 Å². The molecule has 0 aliphatic heterocycles. The van der Waals surface area contributed by atoms with E-state index in [4.69, 9.17) is 0 Å². The summed E-state index contributed by atoms with van der Waals surface area (Å²) in [6.07, 6.45) is 3.44. The van der Waals surface area contributed by atoms with E-state index >= 15 is 0 Å². The number of hydrogen-bond donors (Lipinski definition) is 1. The SMILES string of the molecule is Cc1cccc(CNC(=O)C(c2cccnc2)N(C)C)c1. The number of carbonyl (C=O) groups excluding carboxylic acids is 1. The highest BCUT2D eigenvalue weighted by atomic mass is 16.2. The molecule has 0 aliphatic rings. The Kier molecular flexibility index (Phi) is 5.06. The maximum atomic E-state index is 12.5. The van der Waals surface area contributed by atoms with Crippen molar-refractivity contribution in [2.24, 2.45) is 0 Å². The molecule has 1 heterocycles. The van der Waals surface area contributed by atoms with E-state index in [0.29, 0.717) is 6.54 Å². The lowest BCUT2D eigenvalue weighted by atomic mass is 10.1. The van der Waals surface area contributed by atoms with Crippen LogP contribution in [0.25, 0.3) is 0 Å². The zero-order valence-electron chi connectivity index (χ0n) is 12.7. The Morgan fingerprint density at radius 1 is 1.29 bits per heavy atom. The van der Waals surface area contributed by atoms with Crippen LogP contribution in [0, 0.1) is 6.92 Å². The van der Waals surface area contributed by atoms with E-state index in [0.717, 1.165) is 11.1 Å². The Balaban J connectivity index is 2.06. The molecule has 1 amide bonds. The third-order valence-corrected chi connectivity index (χ3v) is 3.31. The van der Waals surface area contributed by atoms with Crippen LogP contribution in [-0.2, 0) is 11.3 Å². The van der Waals surface area contributed by atoms with Gasteiger partial charge in [-0.1, -0.05) is 35.9 Å². The molecule has 2 rings (SSSR count). The lowest BCUT2D eigenvalue weighted by Crippen LogP contribution is -2.36. The number of carbonyl (C=O) groups is 1. The van der Waals surface area contributed by atoms with Crippen molar-refractivity contribution in [3.8, 4) is 0 Å². The van der Waals surface area contributed by atoms with Gasteiger partial charge in [-0.2, -0.15) is 0 Å². The summed E-state index contributed by atoms with van der Waals surface area (Å²) < 4.78 is 0. The Hall–Kier alpha value is -2.20. The lowest BCUT2D eigenvalue weighted by molar-refractivity contribution is -0.125. The highest BCUT2D eigenvalue weighted by molar-refractivity contribution is 5.83. The molecule has 1 N–H and O–H groups in total. The third kappa shape index (κ3) is 4.13. The summed E-state index contributed by atoms with van der Waals surface area (Å²) in [5.41, 5.74) is 3.19. The predicted octanol–water partition coefficient (Wildman–Crippen LogP) is 2.31. The van der Waals surface area contributed by atoms with Gasteiger partial charge in [0.1, 0.15) is 6.04 Å². The van der Waals surface area contributed by atoms with Crippen LogP contribution < -0.4 is 5.32 Å². The van der Waals surface area contributed by atoms with E-state index in [2.05, 4.69) is 16.4 Å². The average molecular weight is 283 g/mol.